The van der Waals surface area contributed by atoms with E-state index in [0.29, 0.717) is 12.8 Å². The van der Waals surface area contributed by atoms with Crippen molar-refractivity contribution in [1.82, 2.24) is 9.88 Å². The predicted octanol–water partition coefficient (Wildman–Crippen LogP) is 3.03. The van der Waals surface area contributed by atoms with Crippen LogP contribution in [0.2, 0.25) is 0 Å². The smallest absolute Gasteiger partial charge is 0.303 e. The number of unbranched alkanes of at least 4 members (excludes halogenated alkanes) is 2. The number of carboxylic acids is 1. The number of nitrogens with zero attached hydrogens (tertiary/aromatic N) is 2. The Morgan fingerprint density at radius 3 is 2.71 bits per heavy atom. The summed E-state index contributed by atoms with van der Waals surface area (Å²) in [6, 6.07) is 4.17. The van der Waals surface area contributed by atoms with E-state index in [1.807, 2.05) is 25.4 Å². The van der Waals surface area contributed by atoms with Crippen LogP contribution in [0.4, 0.5) is 0 Å². The third-order valence-electron chi connectivity index (χ3n) is 3.56. The molecule has 0 unspecified atom stereocenters. The van der Waals surface area contributed by atoms with Crippen LogP contribution in [0.5, 0.6) is 0 Å². The van der Waals surface area contributed by atoms with Gasteiger partial charge >= 0.3 is 5.97 Å². The zero-order valence-electron chi connectivity index (χ0n) is 12.8. The van der Waals surface area contributed by atoms with Crippen molar-refractivity contribution in [2.75, 3.05) is 7.05 Å². The fraction of sp³-hybridized carbons (Fsp3) is 0.562. The van der Waals surface area contributed by atoms with Crippen LogP contribution in [0.15, 0.2) is 24.5 Å². The van der Waals surface area contributed by atoms with E-state index in [2.05, 4.69) is 11.9 Å². The molecule has 1 aliphatic rings. The Morgan fingerprint density at radius 1 is 1.48 bits per heavy atom. The monoisotopic (exact) mass is 292 g/mol. The molecule has 1 atom stereocenters. The van der Waals surface area contributed by atoms with Gasteiger partial charge in [0.2, 0.25) is 5.91 Å². The lowest BCUT2D eigenvalue weighted by Gasteiger charge is -2.19. The van der Waals surface area contributed by atoms with Gasteiger partial charge in [0, 0.05) is 32.3 Å². The van der Waals surface area contributed by atoms with Gasteiger partial charge in [-0.25, -0.2) is 0 Å². The zero-order valence-corrected chi connectivity index (χ0v) is 12.8. The highest BCUT2D eigenvalue weighted by molar-refractivity contribution is 5.78. The number of rotatable bonds is 5. The minimum atomic E-state index is -0.682. The molecule has 5 nitrogen and oxygen atoms in total. The number of carbonyl (C=O) groups is 2. The van der Waals surface area contributed by atoms with Crippen molar-refractivity contribution < 1.29 is 14.7 Å². The Bertz CT molecular complexity index is 448. The molecule has 1 amide bonds. The summed E-state index contributed by atoms with van der Waals surface area (Å²) in [7, 11) is 1.85. The second kappa shape index (κ2) is 9.10. The highest BCUT2D eigenvalue weighted by atomic mass is 16.4. The van der Waals surface area contributed by atoms with Crippen molar-refractivity contribution in [1.29, 1.82) is 0 Å². The molecule has 21 heavy (non-hydrogen) atoms. The third kappa shape index (κ3) is 5.94. The van der Waals surface area contributed by atoms with Crippen LogP contribution < -0.4 is 0 Å². The maximum absolute atomic E-state index is 11.3. The summed E-state index contributed by atoms with van der Waals surface area (Å²) in [6.07, 6.45) is 8.44. The minimum Gasteiger partial charge on any atom is -0.481 e. The number of likely N-dealkylation sites (tertiary alicyclic amines) is 1. The lowest BCUT2D eigenvalue weighted by atomic mass is 10.1. The molecule has 0 bridgehead atoms. The quantitative estimate of drug-likeness (QED) is 0.847. The molecule has 1 aromatic rings. The van der Waals surface area contributed by atoms with Gasteiger partial charge in [-0.1, -0.05) is 25.8 Å². The van der Waals surface area contributed by atoms with Crippen molar-refractivity contribution in [2.24, 2.45) is 0 Å². The van der Waals surface area contributed by atoms with E-state index in [1.54, 1.807) is 11.1 Å². The second-order valence-electron chi connectivity index (χ2n) is 5.20. The molecule has 2 rings (SSSR count). The zero-order chi connectivity index (χ0) is 15.7. The van der Waals surface area contributed by atoms with E-state index < -0.39 is 5.97 Å². The molecule has 0 saturated carbocycles. The minimum absolute atomic E-state index is 0.230. The summed E-state index contributed by atoms with van der Waals surface area (Å²) >= 11 is 0. The number of carboxylic acid groups (broad SMARTS) is 1. The summed E-state index contributed by atoms with van der Waals surface area (Å²) < 4.78 is 0. The molecule has 1 fully saturated rings. The van der Waals surface area contributed by atoms with Gasteiger partial charge in [0.25, 0.3) is 0 Å². The SMILES string of the molecule is CCCCCC(=O)O.CN1C(=O)CC[C@H]1c1cccnc1. The molecule has 0 radical (unpaired) electrons. The summed E-state index contributed by atoms with van der Waals surface area (Å²) in [5, 5.41) is 8.14. The number of pyridine rings is 1. The maximum Gasteiger partial charge on any atom is 0.303 e. The Hall–Kier alpha value is -1.91. The van der Waals surface area contributed by atoms with Gasteiger partial charge in [-0.3, -0.25) is 14.6 Å². The Labute approximate surface area is 126 Å². The summed E-state index contributed by atoms with van der Waals surface area (Å²) in [5.74, 6) is -0.452. The van der Waals surface area contributed by atoms with Crippen molar-refractivity contribution >= 4 is 11.9 Å². The normalized spacial score (nSPS) is 17.3. The lowest BCUT2D eigenvalue weighted by molar-refractivity contribution is -0.137. The first-order valence-electron chi connectivity index (χ1n) is 7.43. The molecule has 1 aliphatic heterocycles. The molecular formula is C16H24N2O3. The maximum atomic E-state index is 11.3. The fourth-order valence-corrected chi connectivity index (χ4v) is 2.29. The average Bonchev–Trinajstić information content (AvgIpc) is 2.81. The molecule has 0 aliphatic carbocycles. The van der Waals surface area contributed by atoms with Gasteiger partial charge in [0.1, 0.15) is 0 Å². The van der Waals surface area contributed by atoms with Crippen LogP contribution in [0.25, 0.3) is 0 Å². The lowest BCUT2D eigenvalue weighted by Crippen LogP contribution is -2.22. The van der Waals surface area contributed by atoms with Crippen LogP contribution >= 0.6 is 0 Å². The van der Waals surface area contributed by atoms with Crippen LogP contribution in [-0.4, -0.2) is 33.9 Å². The van der Waals surface area contributed by atoms with Gasteiger partial charge in [0.05, 0.1) is 6.04 Å². The fourth-order valence-electron chi connectivity index (χ4n) is 2.29. The first-order chi connectivity index (χ1) is 10.1. The van der Waals surface area contributed by atoms with Gasteiger partial charge in [0.15, 0.2) is 0 Å². The number of aromatic nitrogens is 1. The van der Waals surface area contributed by atoms with Crippen LogP contribution in [-0.2, 0) is 9.59 Å². The Balaban J connectivity index is 0.000000240. The third-order valence-corrected chi connectivity index (χ3v) is 3.56. The van der Waals surface area contributed by atoms with E-state index >= 15 is 0 Å². The van der Waals surface area contributed by atoms with Gasteiger partial charge in [-0.15, -0.1) is 0 Å². The average molecular weight is 292 g/mol. The standard InChI is InChI=1S/C10H12N2O.C6H12O2/c1-12-9(4-5-10(12)13)8-3-2-6-11-7-8;1-2-3-4-5-6(7)8/h2-3,6-7,9H,4-5H2,1H3;2-5H2,1H3,(H,7,8)/t9-;/m0./s1. The molecule has 0 spiro atoms. The topological polar surface area (TPSA) is 70.5 Å². The molecule has 116 valence electrons. The van der Waals surface area contributed by atoms with E-state index in [-0.39, 0.29) is 11.9 Å². The second-order valence-corrected chi connectivity index (χ2v) is 5.20. The summed E-state index contributed by atoms with van der Waals surface area (Å²) in [6.45, 7) is 2.06. The molecule has 5 heteroatoms. The van der Waals surface area contributed by atoms with Gasteiger partial charge in [-0.05, 0) is 24.5 Å². The molecule has 1 aromatic heterocycles. The summed E-state index contributed by atoms with van der Waals surface area (Å²) in [4.78, 5) is 27.0. The van der Waals surface area contributed by atoms with E-state index in [4.69, 9.17) is 5.11 Å². The summed E-state index contributed by atoms with van der Waals surface area (Å²) in [5.41, 5.74) is 1.14. The van der Waals surface area contributed by atoms with E-state index in [0.717, 1.165) is 31.2 Å². The number of hydrogen-bond acceptors (Lipinski definition) is 3. The number of carbonyl (C=O) groups excluding carboxylic acids is 1. The predicted molar refractivity (Wildman–Crippen MR) is 80.8 cm³/mol. The molecule has 0 aromatic carbocycles. The van der Waals surface area contributed by atoms with Crippen LogP contribution in [0, 0.1) is 0 Å². The van der Waals surface area contributed by atoms with Gasteiger partial charge < -0.3 is 10.0 Å². The van der Waals surface area contributed by atoms with Crippen molar-refractivity contribution in [3.05, 3.63) is 30.1 Å². The van der Waals surface area contributed by atoms with Crippen molar-refractivity contribution in [3.63, 3.8) is 0 Å². The van der Waals surface area contributed by atoms with Crippen molar-refractivity contribution in [3.8, 4) is 0 Å². The number of aliphatic carboxylic acids is 1. The van der Waals surface area contributed by atoms with Crippen LogP contribution in [0.3, 0.4) is 0 Å². The molecule has 2 heterocycles. The first-order valence-corrected chi connectivity index (χ1v) is 7.43. The Kier molecular flexibility index (Phi) is 7.43. The largest absolute Gasteiger partial charge is 0.481 e. The van der Waals surface area contributed by atoms with Crippen LogP contribution in [0.1, 0.15) is 57.1 Å². The highest BCUT2D eigenvalue weighted by Crippen LogP contribution is 2.30. The molecule has 1 N–H and O–H groups in total. The van der Waals surface area contributed by atoms with E-state index in [1.165, 1.54) is 0 Å². The number of hydrogen-bond donors (Lipinski definition) is 1. The van der Waals surface area contributed by atoms with Gasteiger partial charge in [-0.2, -0.15) is 0 Å². The highest BCUT2D eigenvalue weighted by Gasteiger charge is 2.28. The van der Waals surface area contributed by atoms with E-state index in [9.17, 15) is 9.59 Å². The van der Waals surface area contributed by atoms with Crippen molar-refractivity contribution in [2.45, 2.75) is 51.5 Å². The number of amides is 1. The molecular weight excluding hydrogens is 268 g/mol. The first kappa shape index (κ1) is 17.1. The molecule has 1 saturated heterocycles. The Morgan fingerprint density at radius 2 is 2.24 bits per heavy atom.